The minimum absolute atomic E-state index is 0.0220. The molecule has 0 bridgehead atoms. The molecule has 1 saturated heterocycles. The van der Waals surface area contributed by atoms with E-state index in [1.54, 1.807) is 51.5 Å². The Morgan fingerprint density at radius 3 is 2.70 bits per heavy atom. The molecule has 0 aliphatic carbocycles. The van der Waals surface area contributed by atoms with Crippen LogP contribution in [0.3, 0.4) is 0 Å². The van der Waals surface area contributed by atoms with Gasteiger partial charge in [0, 0.05) is 29.4 Å². The van der Waals surface area contributed by atoms with Crippen LogP contribution in [-0.4, -0.2) is 48.7 Å². The average Bonchev–Trinajstić information content (AvgIpc) is 3.18. The minimum Gasteiger partial charge on any atom is -0.493 e. The van der Waals surface area contributed by atoms with E-state index in [4.69, 9.17) is 9.47 Å². The van der Waals surface area contributed by atoms with Crippen molar-refractivity contribution in [1.82, 2.24) is 4.90 Å². The number of carbonyl (C=O) groups is 1. The van der Waals surface area contributed by atoms with Gasteiger partial charge < -0.3 is 14.6 Å². The topological polar surface area (TPSA) is 59.0 Å². The summed E-state index contributed by atoms with van der Waals surface area (Å²) in [6.07, 6.45) is 1.90. The number of thiophene rings is 1. The number of hydrogen-bond acceptors (Lipinski definition) is 6. The molecule has 1 aromatic carbocycles. The molecule has 1 unspecified atom stereocenters. The largest absolute Gasteiger partial charge is 0.493 e. The maximum absolute atomic E-state index is 13.1. The number of benzene rings is 1. The predicted molar refractivity (Wildman–Crippen MR) is 119 cm³/mol. The molecule has 0 spiro atoms. The van der Waals surface area contributed by atoms with E-state index < -0.39 is 5.60 Å². The van der Waals surface area contributed by atoms with Gasteiger partial charge in [0.25, 0.3) is 0 Å². The van der Waals surface area contributed by atoms with E-state index in [0.717, 1.165) is 37.4 Å². The Hall–Kier alpha value is -2.33. The first kappa shape index (κ1) is 22.4. The van der Waals surface area contributed by atoms with Gasteiger partial charge in [-0.25, -0.2) is 0 Å². The molecular formula is C24H29NO4S. The van der Waals surface area contributed by atoms with Crippen LogP contribution in [-0.2, 0) is 6.54 Å². The van der Waals surface area contributed by atoms with E-state index in [1.807, 2.05) is 12.1 Å². The molecule has 2 aromatic rings. The molecule has 5 nitrogen and oxygen atoms in total. The average molecular weight is 428 g/mol. The van der Waals surface area contributed by atoms with Gasteiger partial charge in [-0.05, 0) is 63.6 Å². The normalized spacial score (nSPS) is 17.2. The van der Waals surface area contributed by atoms with E-state index in [0.29, 0.717) is 17.1 Å². The molecule has 160 valence electrons. The third-order valence-electron chi connectivity index (χ3n) is 5.08. The molecule has 3 rings (SSSR count). The van der Waals surface area contributed by atoms with E-state index in [1.165, 1.54) is 4.88 Å². The smallest absolute Gasteiger partial charge is 0.167 e. The van der Waals surface area contributed by atoms with Crippen LogP contribution < -0.4 is 9.47 Å². The highest BCUT2D eigenvalue weighted by atomic mass is 32.1. The van der Waals surface area contributed by atoms with E-state index in [2.05, 4.69) is 22.8 Å². The summed E-state index contributed by atoms with van der Waals surface area (Å²) < 4.78 is 10.6. The second-order valence-electron chi connectivity index (χ2n) is 8.08. The predicted octanol–water partition coefficient (Wildman–Crippen LogP) is 3.98. The van der Waals surface area contributed by atoms with Crippen LogP contribution >= 0.6 is 11.3 Å². The Kier molecular flexibility index (Phi) is 7.19. The van der Waals surface area contributed by atoms with Crippen LogP contribution in [0.1, 0.15) is 46.8 Å². The highest BCUT2D eigenvalue weighted by molar-refractivity contribution is 7.12. The van der Waals surface area contributed by atoms with Crippen molar-refractivity contribution in [2.45, 2.75) is 38.8 Å². The first-order valence-electron chi connectivity index (χ1n) is 10.1. The number of Topliss-reactive ketones (excluding diaryl/α,β-unsaturated/α-hetero) is 1. The molecule has 1 N–H and O–H groups in total. The Balaban J connectivity index is 1.65. The Morgan fingerprint density at radius 2 is 2.00 bits per heavy atom. The van der Waals surface area contributed by atoms with Gasteiger partial charge in [0.15, 0.2) is 17.3 Å². The quantitative estimate of drug-likeness (QED) is 0.558. The van der Waals surface area contributed by atoms with E-state index in [-0.39, 0.29) is 11.7 Å². The highest BCUT2D eigenvalue weighted by Crippen LogP contribution is 2.30. The molecule has 0 amide bonds. The lowest BCUT2D eigenvalue weighted by atomic mass is 9.90. The summed E-state index contributed by atoms with van der Waals surface area (Å²) in [5.74, 6) is 7.22. The number of ketones is 1. The number of hydrogen-bond donors (Lipinski definition) is 1. The molecule has 1 atom stereocenters. The summed E-state index contributed by atoms with van der Waals surface area (Å²) in [6, 6.07) is 9.45. The number of carbonyl (C=O) groups excluding carboxylic acids is 1. The lowest BCUT2D eigenvalue weighted by Gasteiger charge is -2.31. The Labute approximate surface area is 182 Å². The number of piperidine rings is 1. The number of rotatable bonds is 6. The molecule has 2 heterocycles. The number of ether oxygens (including phenoxy) is 2. The second kappa shape index (κ2) is 9.65. The SMILES string of the molecule is COc1ccc(C(=O)C2CCCN(Cc3ccc(C#CC(C)(C)O)s3)C2)cc1OC. The van der Waals surface area contributed by atoms with Crippen molar-refractivity contribution in [3.05, 3.63) is 45.6 Å². The van der Waals surface area contributed by atoms with E-state index >= 15 is 0 Å². The summed E-state index contributed by atoms with van der Waals surface area (Å²) in [6.45, 7) is 5.90. The zero-order chi connectivity index (χ0) is 21.7. The van der Waals surface area contributed by atoms with Crippen molar-refractivity contribution in [3.63, 3.8) is 0 Å². The Morgan fingerprint density at radius 1 is 1.23 bits per heavy atom. The Bertz CT molecular complexity index is 948. The molecule has 1 aromatic heterocycles. The van der Waals surface area contributed by atoms with Crippen molar-refractivity contribution in [2.75, 3.05) is 27.3 Å². The first-order chi connectivity index (χ1) is 14.3. The monoisotopic (exact) mass is 427 g/mol. The van der Waals surface area contributed by atoms with E-state index in [9.17, 15) is 9.90 Å². The second-order valence-corrected chi connectivity index (χ2v) is 9.25. The number of aliphatic hydroxyl groups is 1. The van der Waals surface area contributed by atoms with Gasteiger partial charge in [0.2, 0.25) is 0 Å². The summed E-state index contributed by atoms with van der Waals surface area (Å²) in [5, 5.41) is 9.76. The summed E-state index contributed by atoms with van der Waals surface area (Å²) in [5.41, 5.74) is -0.325. The maximum atomic E-state index is 13.1. The van der Waals surface area contributed by atoms with Gasteiger partial charge in [0.05, 0.1) is 19.1 Å². The van der Waals surface area contributed by atoms with Crippen molar-refractivity contribution in [3.8, 4) is 23.3 Å². The van der Waals surface area contributed by atoms with Gasteiger partial charge in [0.1, 0.15) is 5.60 Å². The molecule has 1 aliphatic rings. The summed E-state index contributed by atoms with van der Waals surface area (Å²) in [7, 11) is 3.17. The van der Waals surface area contributed by atoms with Gasteiger partial charge in [-0.1, -0.05) is 11.8 Å². The van der Waals surface area contributed by atoms with Crippen LogP contribution in [0.15, 0.2) is 30.3 Å². The van der Waals surface area contributed by atoms with Crippen molar-refractivity contribution in [2.24, 2.45) is 5.92 Å². The third kappa shape index (κ3) is 5.85. The van der Waals surface area contributed by atoms with Crippen molar-refractivity contribution >= 4 is 17.1 Å². The van der Waals surface area contributed by atoms with Gasteiger partial charge in [-0.15, -0.1) is 11.3 Å². The van der Waals surface area contributed by atoms with Gasteiger partial charge in [-0.3, -0.25) is 9.69 Å². The van der Waals surface area contributed by atoms with Crippen LogP contribution in [0.25, 0.3) is 0 Å². The lowest BCUT2D eigenvalue weighted by molar-refractivity contribution is 0.0812. The summed E-state index contributed by atoms with van der Waals surface area (Å²) in [4.78, 5) is 17.6. The third-order valence-corrected chi connectivity index (χ3v) is 6.06. The standard InChI is InChI=1S/C24H29NO4S/c1-24(2,27)12-11-19-8-9-20(30-19)16-25-13-5-6-18(15-25)23(26)17-7-10-21(28-3)22(14-17)29-4/h7-10,14,18,27H,5-6,13,15-16H2,1-4H3. The lowest BCUT2D eigenvalue weighted by Crippen LogP contribution is -2.38. The number of methoxy groups -OCH3 is 2. The van der Waals surface area contributed by atoms with Crippen LogP contribution in [0, 0.1) is 17.8 Å². The van der Waals surface area contributed by atoms with Crippen LogP contribution in [0.2, 0.25) is 0 Å². The summed E-state index contributed by atoms with van der Waals surface area (Å²) >= 11 is 1.64. The van der Waals surface area contributed by atoms with Crippen molar-refractivity contribution in [1.29, 1.82) is 0 Å². The molecule has 1 fully saturated rings. The zero-order valence-corrected chi connectivity index (χ0v) is 18.8. The van der Waals surface area contributed by atoms with Gasteiger partial charge in [-0.2, -0.15) is 0 Å². The minimum atomic E-state index is -0.991. The zero-order valence-electron chi connectivity index (χ0n) is 18.0. The number of nitrogens with zero attached hydrogens (tertiary/aromatic N) is 1. The highest BCUT2D eigenvalue weighted by Gasteiger charge is 2.27. The fourth-order valence-electron chi connectivity index (χ4n) is 3.60. The first-order valence-corrected chi connectivity index (χ1v) is 10.9. The molecule has 30 heavy (non-hydrogen) atoms. The van der Waals surface area contributed by atoms with Crippen LogP contribution in [0.4, 0.5) is 0 Å². The molecule has 1 aliphatic heterocycles. The van der Waals surface area contributed by atoms with Gasteiger partial charge >= 0.3 is 0 Å². The molecule has 0 radical (unpaired) electrons. The molecular weight excluding hydrogens is 398 g/mol. The fraction of sp³-hybridized carbons (Fsp3) is 0.458. The van der Waals surface area contributed by atoms with Crippen LogP contribution in [0.5, 0.6) is 11.5 Å². The fourth-order valence-corrected chi connectivity index (χ4v) is 4.51. The maximum Gasteiger partial charge on any atom is 0.167 e. The van der Waals surface area contributed by atoms with Crippen molar-refractivity contribution < 1.29 is 19.4 Å². The molecule has 6 heteroatoms. The number of likely N-dealkylation sites (tertiary alicyclic amines) is 1. The molecule has 0 saturated carbocycles.